The lowest BCUT2D eigenvalue weighted by Crippen LogP contribution is -2.31. The predicted octanol–water partition coefficient (Wildman–Crippen LogP) is 2.01. The van der Waals surface area contributed by atoms with Gasteiger partial charge in [-0.3, -0.25) is 4.79 Å². The molecule has 4 nitrogen and oxygen atoms in total. The molecule has 0 fully saturated rings. The number of primary amides is 1. The highest BCUT2D eigenvalue weighted by molar-refractivity contribution is 5.77. The number of rotatable bonds is 7. The molecule has 0 bridgehead atoms. The number of carbonyl (C=O) groups excluding carboxylic acids is 1. The second-order valence-electron chi connectivity index (χ2n) is 5.10. The van der Waals surface area contributed by atoms with E-state index in [2.05, 4.69) is 0 Å². The number of amides is 1. The Bertz CT molecular complexity index is 629. The van der Waals surface area contributed by atoms with E-state index in [1.807, 2.05) is 24.3 Å². The zero-order valence-corrected chi connectivity index (χ0v) is 12.2. The molecule has 2 rings (SSSR count). The Hall–Kier alpha value is -2.40. The minimum atomic E-state index is -0.388. The average molecular weight is 302 g/mol. The Morgan fingerprint density at radius 2 is 1.82 bits per heavy atom. The molecule has 22 heavy (non-hydrogen) atoms. The van der Waals surface area contributed by atoms with Crippen molar-refractivity contribution in [2.45, 2.75) is 13.0 Å². The largest absolute Gasteiger partial charge is 0.489 e. The molecule has 4 N–H and O–H groups in total. The quantitative estimate of drug-likeness (QED) is 0.821. The Balaban J connectivity index is 1.93. The van der Waals surface area contributed by atoms with Gasteiger partial charge >= 0.3 is 0 Å². The van der Waals surface area contributed by atoms with Crippen LogP contribution < -0.4 is 16.2 Å². The first-order valence-corrected chi connectivity index (χ1v) is 7.04. The van der Waals surface area contributed by atoms with Crippen molar-refractivity contribution in [3.63, 3.8) is 0 Å². The smallest absolute Gasteiger partial charge is 0.222 e. The van der Waals surface area contributed by atoms with Gasteiger partial charge in [-0.25, -0.2) is 4.39 Å². The van der Waals surface area contributed by atoms with E-state index in [9.17, 15) is 9.18 Å². The van der Waals surface area contributed by atoms with Gasteiger partial charge in [0.2, 0.25) is 5.91 Å². The molecule has 1 amide bonds. The zero-order chi connectivity index (χ0) is 15.9. The number of carbonyl (C=O) groups is 1. The summed E-state index contributed by atoms with van der Waals surface area (Å²) in [6.07, 6.45) is 0.525. The Kier molecular flexibility index (Phi) is 5.49. The van der Waals surface area contributed by atoms with Crippen LogP contribution in [0.15, 0.2) is 48.5 Å². The van der Waals surface area contributed by atoms with Gasteiger partial charge in [0.05, 0.1) is 5.92 Å². The van der Waals surface area contributed by atoms with Crippen LogP contribution in [0.2, 0.25) is 0 Å². The number of hydrogen-bond donors (Lipinski definition) is 2. The fourth-order valence-corrected chi connectivity index (χ4v) is 2.08. The fraction of sp³-hybridized carbons (Fsp3) is 0.235. The van der Waals surface area contributed by atoms with Gasteiger partial charge < -0.3 is 16.2 Å². The molecule has 0 radical (unpaired) electrons. The molecule has 0 aromatic heterocycles. The van der Waals surface area contributed by atoms with Gasteiger partial charge in [0.15, 0.2) is 0 Å². The van der Waals surface area contributed by atoms with E-state index in [1.165, 1.54) is 12.1 Å². The lowest BCUT2D eigenvalue weighted by molar-refractivity contribution is -0.121. The summed E-state index contributed by atoms with van der Waals surface area (Å²) in [6.45, 7) is 0.583. The summed E-state index contributed by atoms with van der Waals surface area (Å²) in [5.41, 5.74) is 12.7. The van der Waals surface area contributed by atoms with E-state index < -0.39 is 0 Å². The van der Waals surface area contributed by atoms with Crippen molar-refractivity contribution in [2.75, 3.05) is 6.54 Å². The number of benzene rings is 2. The summed E-state index contributed by atoms with van der Waals surface area (Å²) in [5.74, 6) is -0.580. The van der Waals surface area contributed by atoms with Crippen LogP contribution in [0.3, 0.4) is 0 Å². The summed E-state index contributed by atoms with van der Waals surface area (Å²) >= 11 is 0. The highest BCUT2D eigenvalue weighted by atomic mass is 19.1. The Morgan fingerprint density at radius 1 is 1.14 bits per heavy atom. The van der Waals surface area contributed by atoms with Gasteiger partial charge in [-0.05, 0) is 29.7 Å². The van der Waals surface area contributed by atoms with Crippen molar-refractivity contribution in [3.8, 4) is 5.75 Å². The first-order valence-electron chi connectivity index (χ1n) is 7.04. The van der Waals surface area contributed by atoms with Crippen LogP contribution in [0.1, 0.15) is 11.1 Å². The molecular formula is C17H19FN2O2. The molecule has 1 atom stereocenters. The van der Waals surface area contributed by atoms with Crippen molar-refractivity contribution in [1.29, 1.82) is 0 Å². The van der Waals surface area contributed by atoms with E-state index in [1.54, 1.807) is 12.1 Å². The van der Waals surface area contributed by atoms with Gasteiger partial charge in [0, 0.05) is 12.6 Å². The first kappa shape index (κ1) is 16.0. The molecule has 2 aromatic carbocycles. The van der Waals surface area contributed by atoms with Gasteiger partial charge in [0.25, 0.3) is 0 Å². The maximum absolute atomic E-state index is 13.0. The molecular weight excluding hydrogens is 283 g/mol. The number of nitrogens with two attached hydrogens (primary N) is 2. The van der Waals surface area contributed by atoms with E-state index in [-0.39, 0.29) is 24.2 Å². The van der Waals surface area contributed by atoms with Crippen molar-refractivity contribution in [1.82, 2.24) is 0 Å². The molecule has 0 spiro atoms. The SMILES string of the molecule is NC[C@H](Cc1ccc(COc2cccc(F)c2)cc1)C(N)=O. The van der Waals surface area contributed by atoms with Crippen LogP contribution in [0.4, 0.5) is 4.39 Å². The second-order valence-corrected chi connectivity index (χ2v) is 5.10. The predicted molar refractivity (Wildman–Crippen MR) is 82.6 cm³/mol. The lowest BCUT2D eigenvalue weighted by Gasteiger charge is -2.11. The molecule has 5 heteroatoms. The molecule has 0 aliphatic carbocycles. The Morgan fingerprint density at radius 3 is 2.41 bits per heavy atom. The van der Waals surface area contributed by atoms with Crippen molar-refractivity contribution in [3.05, 3.63) is 65.5 Å². The number of ether oxygens (including phenoxy) is 1. The van der Waals surface area contributed by atoms with E-state index in [0.29, 0.717) is 18.8 Å². The molecule has 0 aliphatic heterocycles. The number of halogens is 1. The van der Waals surface area contributed by atoms with E-state index in [4.69, 9.17) is 16.2 Å². The third-order valence-electron chi connectivity index (χ3n) is 3.39. The maximum atomic E-state index is 13.0. The Labute approximate surface area is 128 Å². The normalized spacial score (nSPS) is 11.9. The summed E-state index contributed by atoms with van der Waals surface area (Å²) < 4.78 is 18.6. The molecule has 0 unspecified atom stereocenters. The third kappa shape index (κ3) is 4.56. The monoisotopic (exact) mass is 302 g/mol. The summed E-state index contributed by atoms with van der Waals surface area (Å²) in [5, 5.41) is 0. The topological polar surface area (TPSA) is 78.3 Å². The zero-order valence-electron chi connectivity index (χ0n) is 12.2. The molecule has 2 aromatic rings. The fourth-order valence-electron chi connectivity index (χ4n) is 2.08. The summed E-state index contributed by atoms with van der Waals surface area (Å²) in [6, 6.07) is 13.7. The third-order valence-corrected chi connectivity index (χ3v) is 3.39. The average Bonchev–Trinajstić information content (AvgIpc) is 2.51. The van der Waals surface area contributed by atoms with Gasteiger partial charge in [-0.2, -0.15) is 0 Å². The molecule has 0 aliphatic rings. The van der Waals surface area contributed by atoms with Crippen molar-refractivity contribution >= 4 is 5.91 Å². The summed E-state index contributed by atoms with van der Waals surface area (Å²) in [7, 11) is 0. The van der Waals surface area contributed by atoms with Gasteiger partial charge in [-0.15, -0.1) is 0 Å². The van der Waals surface area contributed by atoms with Gasteiger partial charge in [-0.1, -0.05) is 30.3 Å². The van der Waals surface area contributed by atoms with Crippen LogP contribution in [-0.2, 0) is 17.8 Å². The second kappa shape index (κ2) is 7.56. The van der Waals surface area contributed by atoms with Crippen LogP contribution in [-0.4, -0.2) is 12.5 Å². The number of hydrogen-bond acceptors (Lipinski definition) is 3. The molecule has 0 saturated heterocycles. The lowest BCUT2D eigenvalue weighted by atomic mass is 9.98. The highest BCUT2D eigenvalue weighted by Crippen LogP contribution is 2.15. The van der Waals surface area contributed by atoms with Crippen molar-refractivity contribution < 1.29 is 13.9 Å². The van der Waals surface area contributed by atoms with Gasteiger partial charge in [0.1, 0.15) is 18.2 Å². The minimum absolute atomic E-state index is 0.236. The minimum Gasteiger partial charge on any atom is -0.489 e. The van der Waals surface area contributed by atoms with Crippen LogP contribution in [0.25, 0.3) is 0 Å². The first-order chi connectivity index (χ1) is 10.6. The molecule has 0 saturated carbocycles. The highest BCUT2D eigenvalue weighted by Gasteiger charge is 2.13. The van der Waals surface area contributed by atoms with E-state index in [0.717, 1.165) is 11.1 Å². The van der Waals surface area contributed by atoms with Crippen LogP contribution >= 0.6 is 0 Å². The van der Waals surface area contributed by atoms with Crippen LogP contribution in [0.5, 0.6) is 5.75 Å². The van der Waals surface area contributed by atoms with E-state index >= 15 is 0 Å². The standard InChI is InChI=1S/C17H19FN2O2/c18-15-2-1-3-16(9-15)22-11-13-6-4-12(5-7-13)8-14(10-19)17(20)21/h1-7,9,14H,8,10-11,19H2,(H2,20,21)/t14-/m0/s1. The molecule has 0 heterocycles. The van der Waals surface area contributed by atoms with Crippen molar-refractivity contribution in [2.24, 2.45) is 17.4 Å². The maximum Gasteiger partial charge on any atom is 0.222 e. The molecule has 116 valence electrons. The summed E-state index contributed by atoms with van der Waals surface area (Å²) in [4.78, 5) is 11.2. The van der Waals surface area contributed by atoms with Crippen LogP contribution in [0, 0.1) is 11.7 Å².